The Hall–Kier alpha value is -1.18. The van der Waals surface area contributed by atoms with Crippen molar-refractivity contribution in [3.63, 3.8) is 0 Å². The van der Waals surface area contributed by atoms with Gasteiger partial charge in [-0.05, 0) is 34.6 Å². The zero-order valence-electron chi connectivity index (χ0n) is 14.7. The molecule has 130 valence electrons. The van der Waals surface area contributed by atoms with Crippen LogP contribution in [-0.2, 0) is 0 Å². The molecule has 2 amide bonds. The van der Waals surface area contributed by atoms with E-state index in [2.05, 4.69) is 15.2 Å². The number of piperazine rings is 1. The molecular weight excluding hydrogens is 312 g/mol. The van der Waals surface area contributed by atoms with Crippen LogP contribution in [0.1, 0.15) is 43.6 Å². The Bertz CT molecular complexity index is 540. The molecule has 2 rings (SSSR count). The molecule has 0 aliphatic carbocycles. The third-order valence-corrected chi connectivity index (χ3v) is 5.03. The summed E-state index contributed by atoms with van der Waals surface area (Å²) in [4.78, 5) is 22.1. The average molecular weight is 340 g/mol. The Morgan fingerprint density at radius 3 is 2.78 bits per heavy atom. The van der Waals surface area contributed by atoms with Crippen molar-refractivity contribution >= 4 is 17.4 Å². The molecule has 0 saturated carbocycles. The maximum absolute atomic E-state index is 12.5. The molecule has 0 unspecified atom stereocenters. The maximum atomic E-state index is 12.5. The Labute approximate surface area is 142 Å². The summed E-state index contributed by atoms with van der Waals surface area (Å²) in [6.45, 7) is 12.5. The zero-order chi connectivity index (χ0) is 17.2. The Balaban J connectivity index is 1.88. The average Bonchev–Trinajstić information content (AvgIpc) is 2.83. The molecule has 23 heavy (non-hydrogen) atoms. The van der Waals surface area contributed by atoms with Gasteiger partial charge in [-0.2, -0.15) is 0 Å². The second kappa shape index (κ2) is 7.15. The number of thiazole rings is 1. The lowest BCUT2D eigenvalue weighted by Gasteiger charge is -2.41. The molecule has 1 aromatic heterocycles. The number of carbonyl (C=O) groups is 1. The van der Waals surface area contributed by atoms with Gasteiger partial charge in [-0.1, -0.05) is 0 Å². The van der Waals surface area contributed by atoms with Crippen molar-refractivity contribution in [1.29, 1.82) is 0 Å². The predicted molar refractivity (Wildman–Crippen MR) is 92.7 cm³/mol. The summed E-state index contributed by atoms with van der Waals surface area (Å²) in [6, 6.07) is -0.0000949. The van der Waals surface area contributed by atoms with Gasteiger partial charge in [0.25, 0.3) is 0 Å². The molecule has 1 saturated heterocycles. The van der Waals surface area contributed by atoms with Crippen LogP contribution >= 0.6 is 11.3 Å². The molecule has 7 heteroatoms. The normalized spacial score (nSPS) is 21.3. The van der Waals surface area contributed by atoms with E-state index in [4.69, 9.17) is 0 Å². The molecule has 0 spiro atoms. The molecule has 2 atom stereocenters. The summed E-state index contributed by atoms with van der Waals surface area (Å²) >= 11 is 1.61. The molecule has 0 radical (unpaired) electrons. The highest BCUT2D eigenvalue weighted by molar-refractivity contribution is 7.11. The smallest absolute Gasteiger partial charge is 0.318 e. The van der Waals surface area contributed by atoms with Crippen molar-refractivity contribution < 1.29 is 9.90 Å². The van der Waals surface area contributed by atoms with Gasteiger partial charge in [0.2, 0.25) is 0 Å². The molecule has 6 nitrogen and oxygen atoms in total. The number of rotatable bonds is 4. The van der Waals surface area contributed by atoms with E-state index in [1.807, 2.05) is 45.7 Å². The van der Waals surface area contributed by atoms with E-state index in [1.54, 1.807) is 11.3 Å². The quantitative estimate of drug-likeness (QED) is 0.880. The van der Waals surface area contributed by atoms with Gasteiger partial charge in [-0.3, -0.25) is 4.90 Å². The molecule has 1 fully saturated rings. The molecular formula is C16H28N4O2S. The van der Waals surface area contributed by atoms with Crippen LogP contribution in [0.25, 0.3) is 0 Å². The SMILES string of the molecule is Cc1cnc([C@@H](C)NC(=O)N2CCN(CC(C)(C)O)C[C@@H]2C)s1. The summed E-state index contributed by atoms with van der Waals surface area (Å²) in [6.07, 6.45) is 1.83. The summed E-state index contributed by atoms with van der Waals surface area (Å²) in [5.74, 6) is 0. The van der Waals surface area contributed by atoms with Gasteiger partial charge < -0.3 is 15.3 Å². The van der Waals surface area contributed by atoms with Gasteiger partial charge in [-0.15, -0.1) is 11.3 Å². The molecule has 2 heterocycles. The van der Waals surface area contributed by atoms with Gasteiger partial charge in [0.1, 0.15) is 5.01 Å². The second-order valence-electron chi connectivity index (χ2n) is 7.07. The fraction of sp³-hybridized carbons (Fsp3) is 0.750. The fourth-order valence-electron chi connectivity index (χ4n) is 2.93. The minimum atomic E-state index is -0.707. The lowest BCUT2D eigenvalue weighted by molar-refractivity contribution is 0.0117. The Kier molecular flexibility index (Phi) is 5.65. The van der Waals surface area contributed by atoms with Crippen molar-refractivity contribution in [3.05, 3.63) is 16.1 Å². The third-order valence-electron chi connectivity index (χ3n) is 3.93. The van der Waals surface area contributed by atoms with E-state index in [1.165, 1.54) is 0 Å². The standard InChI is InChI=1S/C16H28N4O2S/c1-11-9-19(10-16(4,5)22)6-7-20(11)15(21)18-13(3)14-17-8-12(2)23-14/h8,11,13,22H,6-7,9-10H2,1-5H3,(H,18,21)/t11-,13+/m0/s1. The first-order chi connectivity index (χ1) is 10.7. The molecule has 1 aliphatic rings. The minimum absolute atomic E-state index is 0.0410. The van der Waals surface area contributed by atoms with E-state index in [-0.39, 0.29) is 18.1 Å². The highest BCUT2D eigenvalue weighted by Gasteiger charge is 2.30. The number of carbonyl (C=O) groups excluding carboxylic acids is 1. The first-order valence-corrected chi connectivity index (χ1v) is 8.91. The van der Waals surface area contributed by atoms with Gasteiger partial charge >= 0.3 is 6.03 Å². The fourth-order valence-corrected chi connectivity index (χ4v) is 3.70. The van der Waals surface area contributed by atoms with Crippen molar-refractivity contribution in [3.8, 4) is 0 Å². The number of urea groups is 1. The van der Waals surface area contributed by atoms with Crippen molar-refractivity contribution in [2.75, 3.05) is 26.2 Å². The minimum Gasteiger partial charge on any atom is -0.389 e. The molecule has 1 aromatic rings. The number of aromatic nitrogens is 1. The molecule has 1 aliphatic heterocycles. The molecule has 2 N–H and O–H groups in total. The highest BCUT2D eigenvalue weighted by Crippen LogP contribution is 2.20. The Morgan fingerprint density at radius 2 is 2.26 bits per heavy atom. The second-order valence-corrected chi connectivity index (χ2v) is 8.34. The highest BCUT2D eigenvalue weighted by atomic mass is 32.1. The van der Waals surface area contributed by atoms with E-state index in [9.17, 15) is 9.90 Å². The molecule has 0 bridgehead atoms. The van der Waals surface area contributed by atoms with Crippen LogP contribution in [0.2, 0.25) is 0 Å². The van der Waals surface area contributed by atoms with Crippen molar-refractivity contribution in [2.45, 2.75) is 52.3 Å². The van der Waals surface area contributed by atoms with Gasteiger partial charge in [0.15, 0.2) is 0 Å². The van der Waals surface area contributed by atoms with Crippen molar-refractivity contribution in [1.82, 2.24) is 20.1 Å². The Morgan fingerprint density at radius 1 is 1.57 bits per heavy atom. The van der Waals surface area contributed by atoms with E-state index >= 15 is 0 Å². The number of hydrogen-bond donors (Lipinski definition) is 2. The number of amides is 2. The first kappa shape index (κ1) is 18.2. The van der Waals surface area contributed by atoms with Gasteiger partial charge in [0, 0.05) is 43.3 Å². The third kappa shape index (κ3) is 5.16. The number of nitrogens with one attached hydrogen (secondary N) is 1. The molecule has 0 aromatic carbocycles. The number of nitrogens with zero attached hydrogens (tertiary/aromatic N) is 3. The number of aliphatic hydroxyl groups is 1. The monoisotopic (exact) mass is 340 g/mol. The van der Waals surface area contributed by atoms with Crippen LogP contribution in [0.15, 0.2) is 6.20 Å². The van der Waals surface area contributed by atoms with Crippen LogP contribution < -0.4 is 5.32 Å². The van der Waals surface area contributed by atoms with E-state index in [0.717, 1.165) is 23.0 Å². The number of hydrogen-bond acceptors (Lipinski definition) is 5. The zero-order valence-corrected chi connectivity index (χ0v) is 15.5. The van der Waals surface area contributed by atoms with Gasteiger partial charge in [-0.25, -0.2) is 9.78 Å². The van der Waals surface area contributed by atoms with Crippen molar-refractivity contribution in [2.24, 2.45) is 0 Å². The number of β-amino-alcohol motifs (C(OH)–C–C–N with tert-alkyl or cyclic N) is 1. The maximum Gasteiger partial charge on any atom is 0.318 e. The number of aryl methyl sites for hydroxylation is 1. The van der Waals surface area contributed by atoms with Crippen LogP contribution in [0.3, 0.4) is 0 Å². The largest absolute Gasteiger partial charge is 0.389 e. The van der Waals surface area contributed by atoms with E-state index < -0.39 is 5.60 Å². The van der Waals surface area contributed by atoms with Crippen LogP contribution in [0.5, 0.6) is 0 Å². The summed E-state index contributed by atoms with van der Waals surface area (Å²) in [5, 5.41) is 13.9. The van der Waals surface area contributed by atoms with E-state index in [0.29, 0.717) is 13.1 Å². The summed E-state index contributed by atoms with van der Waals surface area (Å²) < 4.78 is 0. The van der Waals surface area contributed by atoms with Crippen LogP contribution in [0, 0.1) is 6.92 Å². The van der Waals surface area contributed by atoms with Crippen LogP contribution in [-0.4, -0.2) is 63.7 Å². The summed E-state index contributed by atoms with van der Waals surface area (Å²) in [5.41, 5.74) is -0.707. The van der Waals surface area contributed by atoms with Gasteiger partial charge in [0.05, 0.1) is 11.6 Å². The first-order valence-electron chi connectivity index (χ1n) is 8.10. The lowest BCUT2D eigenvalue weighted by Crippen LogP contribution is -2.58. The topological polar surface area (TPSA) is 68.7 Å². The van der Waals surface area contributed by atoms with Crippen LogP contribution in [0.4, 0.5) is 4.79 Å². The lowest BCUT2D eigenvalue weighted by atomic mass is 10.1. The summed E-state index contributed by atoms with van der Waals surface area (Å²) in [7, 11) is 0. The predicted octanol–water partition coefficient (Wildman–Crippen LogP) is 2.00.